The van der Waals surface area contributed by atoms with Crippen LogP contribution in [0, 0.1) is 5.92 Å². The molecule has 0 heterocycles. The second kappa shape index (κ2) is 6.32. The van der Waals surface area contributed by atoms with E-state index in [2.05, 4.69) is 56.3 Å². The maximum atomic E-state index is 2.33. The standard InChI is InChI=1S/C14H16.C2H6/c1-3-12-9-8-11(2)10-13-6-4-5-7-14(12)13;1-2/h4-11H,3H2,1-2H3;1-2H3. The van der Waals surface area contributed by atoms with E-state index in [9.17, 15) is 0 Å². The SMILES string of the molecule is CC.CCC1=c2ccccc2=CC(C)C=C1. The molecule has 0 saturated heterocycles. The molecule has 1 aromatic rings. The van der Waals surface area contributed by atoms with Gasteiger partial charge in [0.2, 0.25) is 0 Å². The zero-order chi connectivity index (χ0) is 12.0. The number of fused-ring (bicyclic) bond motifs is 1. The lowest BCUT2D eigenvalue weighted by Gasteiger charge is -1.96. The summed E-state index contributed by atoms with van der Waals surface area (Å²) in [5.41, 5.74) is 1.45. The third-order valence-corrected chi connectivity index (χ3v) is 2.73. The largest absolute Gasteiger partial charge is 0.0776 e. The molecule has 1 unspecified atom stereocenters. The molecule has 1 atom stereocenters. The zero-order valence-electron chi connectivity index (χ0n) is 10.8. The van der Waals surface area contributed by atoms with Gasteiger partial charge in [-0.25, -0.2) is 0 Å². The first-order valence-corrected chi connectivity index (χ1v) is 6.29. The number of hydrogen-bond donors (Lipinski definition) is 0. The highest BCUT2D eigenvalue weighted by atomic mass is 14.0. The molecule has 0 fully saturated rings. The van der Waals surface area contributed by atoms with Crippen LogP contribution in [0.5, 0.6) is 0 Å². The van der Waals surface area contributed by atoms with Crippen molar-refractivity contribution in [2.24, 2.45) is 5.92 Å². The van der Waals surface area contributed by atoms with E-state index in [-0.39, 0.29) is 0 Å². The molecule has 0 saturated carbocycles. The summed E-state index contributed by atoms with van der Waals surface area (Å²) >= 11 is 0. The molecule has 0 spiro atoms. The molecule has 1 aromatic carbocycles. The molecule has 0 heteroatoms. The third-order valence-electron chi connectivity index (χ3n) is 2.73. The third kappa shape index (κ3) is 2.85. The number of hydrogen-bond acceptors (Lipinski definition) is 0. The van der Waals surface area contributed by atoms with Crippen LogP contribution >= 0.6 is 0 Å². The molecule has 0 bridgehead atoms. The Bertz CT molecular complexity index is 463. The summed E-state index contributed by atoms with van der Waals surface area (Å²) in [5, 5.41) is 2.78. The van der Waals surface area contributed by atoms with Crippen molar-refractivity contribution < 1.29 is 0 Å². The fraction of sp³-hybridized carbons (Fsp3) is 0.375. The average molecular weight is 214 g/mol. The first-order chi connectivity index (χ1) is 7.81. The molecule has 86 valence electrons. The van der Waals surface area contributed by atoms with E-state index < -0.39 is 0 Å². The monoisotopic (exact) mass is 214 g/mol. The van der Waals surface area contributed by atoms with E-state index in [0.717, 1.165) is 6.42 Å². The number of benzene rings is 1. The molecular weight excluding hydrogens is 192 g/mol. The topological polar surface area (TPSA) is 0 Å². The molecule has 1 aliphatic rings. The van der Waals surface area contributed by atoms with Crippen molar-refractivity contribution in [3.63, 3.8) is 0 Å². The van der Waals surface area contributed by atoms with Crippen molar-refractivity contribution in [1.82, 2.24) is 0 Å². The first kappa shape index (κ1) is 12.8. The van der Waals surface area contributed by atoms with Crippen molar-refractivity contribution in [2.75, 3.05) is 0 Å². The summed E-state index contributed by atoms with van der Waals surface area (Å²) in [4.78, 5) is 0. The maximum absolute atomic E-state index is 2.33. The normalized spacial score (nSPS) is 17.8. The van der Waals surface area contributed by atoms with Crippen molar-refractivity contribution in [3.05, 3.63) is 46.9 Å². The van der Waals surface area contributed by atoms with Crippen LogP contribution < -0.4 is 10.4 Å². The molecule has 2 rings (SSSR count). The minimum Gasteiger partial charge on any atom is -0.0776 e. The quantitative estimate of drug-likeness (QED) is 0.673. The molecule has 1 aliphatic carbocycles. The van der Waals surface area contributed by atoms with E-state index in [0.29, 0.717) is 5.92 Å². The summed E-state index contributed by atoms with van der Waals surface area (Å²) < 4.78 is 0. The highest BCUT2D eigenvalue weighted by molar-refractivity contribution is 5.59. The van der Waals surface area contributed by atoms with Crippen LogP contribution in [0.1, 0.15) is 34.1 Å². The highest BCUT2D eigenvalue weighted by Gasteiger charge is 1.99. The fourth-order valence-electron chi connectivity index (χ4n) is 1.94. The lowest BCUT2D eigenvalue weighted by molar-refractivity contribution is 0.997. The average Bonchev–Trinajstić information content (AvgIpc) is 2.50. The molecule has 0 amide bonds. The van der Waals surface area contributed by atoms with Gasteiger partial charge in [0, 0.05) is 0 Å². The summed E-state index contributed by atoms with van der Waals surface area (Å²) in [7, 11) is 0. The molecule has 0 nitrogen and oxygen atoms in total. The van der Waals surface area contributed by atoms with Crippen LogP contribution in [-0.4, -0.2) is 0 Å². The van der Waals surface area contributed by atoms with Crippen molar-refractivity contribution in [1.29, 1.82) is 0 Å². The van der Waals surface area contributed by atoms with E-state index >= 15 is 0 Å². The predicted molar refractivity (Wildman–Crippen MR) is 73.5 cm³/mol. The maximum Gasteiger partial charge on any atom is -0.00695 e. The Labute approximate surface area is 99.0 Å². The van der Waals surface area contributed by atoms with E-state index in [1.807, 2.05) is 13.8 Å². The van der Waals surface area contributed by atoms with Crippen LogP contribution in [0.4, 0.5) is 0 Å². The highest BCUT2D eigenvalue weighted by Crippen LogP contribution is 2.08. The van der Waals surface area contributed by atoms with Gasteiger partial charge in [0.1, 0.15) is 0 Å². The summed E-state index contributed by atoms with van der Waals surface area (Å²) in [6.45, 7) is 8.44. The van der Waals surface area contributed by atoms with E-state index in [1.165, 1.54) is 16.0 Å². The number of allylic oxidation sites excluding steroid dienone is 2. The Hall–Kier alpha value is -1.30. The lowest BCUT2D eigenvalue weighted by atomic mass is 10.1. The van der Waals surface area contributed by atoms with Gasteiger partial charge in [0.05, 0.1) is 0 Å². The van der Waals surface area contributed by atoms with Crippen LogP contribution in [0.3, 0.4) is 0 Å². The predicted octanol–water partition coefficient (Wildman–Crippen LogP) is 3.26. The summed E-state index contributed by atoms with van der Waals surface area (Å²) in [6.07, 6.45) is 7.98. The zero-order valence-corrected chi connectivity index (χ0v) is 10.8. The van der Waals surface area contributed by atoms with Gasteiger partial charge in [0.15, 0.2) is 0 Å². The Morgan fingerprint density at radius 1 is 1.12 bits per heavy atom. The van der Waals surface area contributed by atoms with Gasteiger partial charge in [-0.3, -0.25) is 0 Å². The minimum atomic E-state index is 0.542. The van der Waals surface area contributed by atoms with Gasteiger partial charge in [0.25, 0.3) is 0 Å². The Balaban J connectivity index is 0.000000606. The van der Waals surface area contributed by atoms with Crippen LogP contribution in [0.2, 0.25) is 0 Å². The van der Waals surface area contributed by atoms with Gasteiger partial charge in [-0.15, -0.1) is 0 Å². The van der Waals surface area contributed by atoms with Crippen LogP contribution in [0.25, 0.3) is 11.6 Å². The van der Waals surface area contributed by atoms with Crippen molar-refractivity contribution in [2.45, 2.75) is 34.1 Å². The molecule has 16 heavy (non-hydrogen) atoms. The van der Waals surface area contributed by atoms with Crippen molar-refractivity contribution >= 4 is 11.6 Å². The van der Waals surface area contributed by atoms with Crippen LogP contribution in [0.15, 0.2) is 36.4 Å². The fourth-order valence-corrected chi connectivity index (χ4v) is 1.94. The molecule has 0 aliphatic heterocycles. The lowest BCUT2D eigenvalue weighted by Crippen LogP contribution is -2.25. The smallest absolute Gasteiger partial charge is 0.00695 e. The minimum absolute atomic E-state index is 0.542. The molecule has 0 N–H and O–H groups in total. The summed E-state index contributed by atoms with van der Waals surface area (Å²) in [6, 6.07) is 8.65. The van der Waals surface area contributed by atoms with Gasteiger partial charge in [-0.1, -0.05) is 70.2 Å². The first-order valence-electron chi connectivity index (χ1n) is 6.29. The molecule has 0 aromatic heterocycles. The van der Waals surface area contributed by atoms with E-state index in [1.54, 1.807) is 0 Å². The van der Waals surface area contributed by atoms with Gasteiger partial charge in [-0.2, -0.15) is 0 Å². The molecule has 0 radical (unpaired) electrons. The van der Waals surface area contributed by atoms with Gasteiger partial charge in [-0.05, 0) is 28.3 Å². The molecular formula is C16H22. The van der Waals surface area contributed by atoms with Crippen LogP contribution in [-0.2, 0) is 0 Å². The second-order valence-electron chi connectivity index (χ2n) is 3.85. The second-order valence-corrected chi connectivity index (χ2v) is 3.85. The van der Waals surface area contributed by atoms with E-state index in [4.69, 9.17) is 0 Å². The Morgan fingerprint density at radius 2 is 1.81 bits per heavy atom. The van der Waals surface area contributed by atoms with Crippen molar-refractivity contribution in [3.8, 4) is 0 Å². The van der Waals surface area contributed by atoms with Gasteiger partial charge >= 0.3 is 0 Å². The number of rotatable bonds is 1. The Kier molecular flexibility index (Phi) is 5.04. The van der Waals surface area contributed by atoms with Gasteiger partial charge < -0.3 is 0 Å². The summed E-state index contributed by atoms with van der Waals surface area (Å²) in [5.74, 6) is 0.542. The Morgan fingerprint density at radius 3 is 2.50 bits per heavy atom.